The summed E-state index contributed by atoms with van der Waals surface area (Å²) in [5.41, 5.74) is 6.72. The molecular formula is C51H60F2N12O6S. The number of pyridine rings is 2. The summed E-state index contributed by atoms with van der Waals surface area (Å²) in [5.74, 6) is 0.485. The van der Waals surface area contributed by atoms with E-state index in [0.29, 0.717) is 110 Å². The van der Waals surface area contributed by atoms with Gasteiger partial charge < -0.3 is 44.4 Å². The highest BCUT2D eigenvalue weighted by Crippen LogP contribution is 2.42. The molecule has 0 radical (unpaired) electrons. The van der Waals surface area contributed by atoms with Gasteiger partial charge in [-0.15, -0.1) is 0 Å². The highest BCUT2D eigenvalue weighted by Gasteiger charge is 2.34. The van der Waals surface area contributed by atoms with Crippen molar-refractivity contribution in [3.63, 3.8) is 0 Å². The van der Waals surface area contributed by atoms with Crippen LogP contribution in [0.1, 0.15) is 64.5 Å². The number of imidazole rings is 2. The van der Waals surface area contributed by atoms with Gasteiger partial charge in [0.15, 0.2) is 0 Å². The first-order chi connectivity index (χ1) is 34.7. The van der Waals surface area contributed by atoms with Crippen LogP contribution >= 0.6 is 0 Å². The van der Waals surface area contributed by atoms with Crippen LogP contribution in [-0.2, 0) is 19.6 Å². The van der Waals surface area contributed by atoms with Gasteiger partial charge in [0.2, 0.25) is 33.6 Å². The fourth-order valence-electron chi connectivity index (χ4n) is 10.2. The third-order valence-electron chi connectivity index (χ3n) is 14.9. The molecule has 6 fully saturated rings. The fraction of sp³-hybridized carbons (Fsp3) is 0.490. The van der Waals surface area contributed by atoms with Crippen LogP contribution in [0.25, 0.3) is 44.6 Å². The van der Waals surface area contributed by atoms with Gasteiger partial charge >= 0.3 is 0 Å². The third-order valence-corrected chi connectivity index (χ3v) is 16.2. The van der Waals surface area contributed by atoms with E-state index in [2.05, 4.69) is 40.0 Å². The largest absolute Gasteiger partial charge is 0.473 e. The van der Waals surface area contributed by atoms with Crippen molar-refractivity contribution in [1.29, 1.82) is 0 Å². The lowest BCUT2D eigenvalue weighted by molar-refractivity contribution is -0.120. The Labute approximate surface area is 416 Å². The molecule has 12 rings (SSSR count). The number of piperazine rings is 2. The molecule has 2 aliphatic carbocycles. The molecule has 4 atom stereocenters. The van der Waals surface area contributed by atoms with Crippen LogP contribution in [0.15, 0.2) is 61.2 Å². The molecule has 4 aliphatic heterocycles. The summed E-state index contributed by atoms with van der Waals surface area (Å²) >= 11 is 0. The minimum Gasteiger partial charge on any atom is -0.473 e. The van der Waals surface area contributed by atoms with E-state index in [1.165, 1.54) is 16.6 Å². The fourth-order valence-corrected chi connectivity index (χ4v) is 11.1. The third kappa shape index (κ3) is 10.0. The lowest BCUT2D eigenvalue weighted by Crippen LogP contribution is -2.48. The summed E-state index contributed by atoms with van der Waals surface area (Å²) in [6.07, 6.45) is 9.66. The van der Waals surface area contributed by atoms with E-state index in [1.54, 1.807) is 12.1 Å². The first kappa shape index (κ1) is 47.9. The Balaban J connectivity index is 0.000000157. The molecule has 6 aliphatic rings. The number of fused-ring (bicyclic) bond motifs is 2. The Morgan fingerprint density at radius 2 is 1.08 bits per heavy atom. The molecule has 72 heavy (non-hydrogen) atoms. The van der Waals surface area contributed by atoms with E-state index in [9.17, 15) is 18.0 Å². The zero-order valence-corrected chi connectivity index (χ0v) is 41.5. The lowest BCUT2D eigenvalue weighted by atomic mass is 10.0. The summed E-state index contributed by atoms with van der Waals surface area (Å²) in [7, 11) is -3.26. The zero-order chi connectivity index (χ0) is 49.8. The molecule has 0 bridgehead atoms. The number of hydrogen-bond acceptors (Lipinski definition) is 13. The number of amides is 2. The van der Waals surface area contributed by atoms with Crippen molar-refractivity contribution in [2.45, 2.75) is 76.7 Å². The molecule has 0 spiro atoms. The van der Waals surface area contributed by atoms with E-state index >= 15 is 8.78 Å². The second kappa shape index (κ2) is 19.5. The van der Waals surface area contributed by atoms with Crippen molar-refractivity contribution in [3.8, 4) is 34.3 Å². The van der Waals surface area contributed by atoms with E-state index in [-0.39, 0.29) is 41.7 Å². The summed E-state index contributed by atoms with van der Waals surface area (Å²) in [6, 6.07) is 14.8. The first-order valence-electron chi connectivity index (χ1n) is 25.1. The molecule has 2 aromatic carbocycles. The van der Waals surface area contributed by atoms with Gasteiger partial charge in [0, 0.05) is 113 Å². The number of carbonyl (C=O) groups is 2. The molecule has 380 valence electrons. The summed E-state index contributed by atoms with van der Waals surface area (Å²) in [5, 5.41) is 9.03. The summed E-state index contributed by atoms with van der Waals surface area (Å²) in [4.78, 5) is 46.3. The van der Waals surface area contributed by atoms with Crippen LogP contribution in [0.3, 0.4) is 0 Å². The number of benzene rings is 2. The topological polar surface area (TPSA) is 194 Å². The van der Waals surface area contributed by atoms with Crippen LogP contribution in [0, 0.1) is 23.5 Å². The summed E-state index contributed by atoms with van der Waals surface area (Å²) in [6.45, 7) is 9.84. The number of ether oxygens (including phenoxy) is 2. The van der Waals surface area contributed by atoms with Crippen LogP contribution < -0.4 is 35.2 Å². The zero-order valence-electron chi connectivity index (χ0n) is 40.7. The predicted molar refractivity (Wildman–Crippen MR) is 269 cm³/mol. The minimum absolute atomic E-state index is 0.0219. The molecule has 6 aromatic rings. The van der Waals surface area contributed by atoms with Crippen molar-refractivity contribution in [3.05, 3.63) is 72.8 Å². The smallest absolute Gasteiger partial charge is 0.241 e. The monoisotopic (exact) mass is 1010 g/mol. The Kier molecular flexibility index (Phi) is 13.0. The van der Waals surface area contributed by atoms with Gasteiger partial charge in [0.1, 0.15) is 34.9 Å². The maximum atomic E-state index is 15.3. The molecule has 2 saturated carbocycles. The van der Waals surface area contributed by atoms with Crippen LogP contribution in [0.2, 0.25) is 0 Å². The predicted octanol–water partition coefficient (Wildman–Crippen LogP) is 5.44. The van der Waals surface area contributed by atoms with Crippen molar-refractivity contribution in [2.75, 3.05) is 81.5 Å². The lowest BCUT2D eigenvalue weighted by Gasteiger charge is -2.34. The van der Waals surface area contributed by atoms with E-state index in [1.807, 2.05) is 61.7 Å². The van der Waals surface area contributed by atoms with Crippen LogP contribution in [0.4, 0.5) is 20.2 Å². The van der Waals surface area contributed by atoms with Crippen molar-refractivity contribution in [1.82, 2.24) is 49.3 Å². The van der Waals surface area contributed by atoms with E-state index in [0.717, 1.165) is 73.9 Å². The Morgan fingerprint density at radius 3 is 1.47 bits per heavy atom. The molecule has 0 unspecified atom stereocenters. The number of rotatable bonds is 13. The number of carbonyl (C=O) groups excluding carboxylic acids is 2. The maximum Gasteiger partial charge on any atom is 0.241 e. The van der Waals surface area contributed by atoms with Gasteiger partial charge in [-0.2, -0.15) is 4.31 Å². The summed E-state index contributed by atoms with van der Waals surface area (Å²) < 4.78 is 72.5. The van der Waals surface area contributed by atoms with Gasteiger partial charge in [0.05, 0.1) is 52.7 Å². The SMILES string of the molecule is C[C@@H](Oc1nc(-c2ccc(N3CCN(S(C)(=O)=O)CC3)c(F)c2)cc2ncn(C3CC3)c12)[C@H]1CNC(=O)C1.C[C@@H](Oc1nc(-c2ccc(N3CCNCC3)c(F)c2)cc2ncn(C3CC3)c12)[C@H]1CNC(=O)C1. The average Bonchev–Trinajstić information content (AvgIpc) is 4.20. The van der Waals surface area contributed by atoms with Gasteiger partial charge in [-0.3, -0.25) is 9.59 Å². The number of anilines is 2. The van der Waals surface area contributed by atoms with E-state index < -0.39 is 15.8 Å². The highest BCUT2D eigenvalue weighted by atomic mass is 32.2. The van der Waals surface area contributed by atoms with Crippen molar-refractivity contribution < 1.29 is 36.3 Å². The van der Waals surface area contributed by atoms with Crippen molar-refractivity contribution >= 4 is 55.3 Å². The number of sulfonamides is 1. The first-order valence-corrected chi connectivity index (χ1v) is 27.0. The van der Waals surface area contributed by atoms with Crippen LogP contribution in [0.5, 0.6) is 11.8 Å². The molecule has 21 heteroatoms. The van der Waals surface area contributed by atoms with Crippen LogP contribution in [-0.4, -0.2) is 138 Å². The number of nitrogens with one attached hydrogen (secondary N) is 3. The number of halogens is 2. The van der Waals surface area contributed by atoms with Gasteiger partial charge in [0.25, 0.3) is 0 Å². The number of aromatic nitrogens is 6. The molecule has 2 amide bonds. The second-order valence-electron chi connectivity index (χ2n) is 20.0. The second-order valence-corrected chi connectivity index (χ2v) is 22.0. The van der Waals surface area contributed by atoms with Crippen molar-refractivity contribution in [2.24, 2.45) is 11.8 Å². The molecule has 4 aromatic heterocycles. The molecular weight excluding hydrogens is 947 g/mol. The highest BCUT2D eigenvalue weighted by molar-refractivity contribution is 7.88. The Morgan fingerprint density at radius 1 is 0.639 bits per heavy atom. The van der Waals surface area contributed by atoms with E-state index in [4.69, 9.17) is 19.4 Å². The minimum atomic E-state index is -3.26. The van der Waals surface area contributed by atoms with Gasteiger partial charge in [-0.05, 0) is 75.9 Å². The normalized spacial score (nSPS) is 21.6. The number of nitrogens with zero attached hydrogens (tertiary/aromatic N) is 9. The molecule has 3 N–H and O–H groups in total. The Hall–Kier alpha value is -6.45. The average molecular weight is 1010 g/mol. The molecule has 8 heterocycles. The maximum absolute atomic E-state index is 15.3. The van der Waals surface area contributed by atoms with Gasteiger partial charge in [-0.1, -0.05) is 12.1 Å². The quantitative estimate of drug-likeness (QED) is 0.133. The molecule has 18 nitrogen and oxygen atoms in total. The standard InChI is InChI=1S/C26H31FN6O4S.C25H29FN6O2/c1-16(18-12-24(34)28-14-18)37-26-25-22(29-15-33(25)19-4-5-19)13-21(30-26)17-3-6-23(20(27)11-17)31-7-9-32(10-8-31)38(2,35)36;1-15(17-11-23(33)28-13-17)34-25-24-21(29-14-32(24)18-3-4-18)12-20(30-25)16-2-5-22(19(26)10-16)31-8-6-27-7-9-31/h3,6,11,13,15-16,18-19H,4-5,7-10,12,14H2,1-2H3,(H,28,34);2,5,10,12,14-15,17-18,27H,3-4,6-9,11,13H2,1H3,(H,28,33)/t16-,18-;15-,17-/m11/s1. The number of hydrogen-bond donors (Lipinski definition) is 3. The Bertz CT molecular complexity index is 3150. The van der Waals surface area contributed by atoms with Gasteiger partial charge in [-0.25, -0.2) is 37.1 Å². The molecule has 4 saturated heterocycles.